The Morgan fingerprint density at radius 1 is 1.03 bits per heavy atom. The van der Waals surface area contributed by atoms with Crippen molar-refractivity contribution in [3.8, 4) is 0 Å². The Morgan fingerprint density at radius 3 is 2.10 bits per heavy atom. The van der Waals surface area contributed by atoms with E-state index in [9.17, 15) is 22.8 Å². The molecular formula is C22H29F3O4. The van der Waals surface area contributed by atoms with Crippen LogP contribution in [0.3, 0.4) is 0 Å². The second-order valence-electron chi connectivity index (χ2n) is 8.15. The van der Waals surface area contributed by atoms with Crippen molar-refractivity contribution in [3.63, 3.8) is 0 Å². The van der Waals surface area contributed by atoms with E-state index in [1.165, 1.54) is 0 Å². The van der Waals surface area contributed by atoms with Gasteiger partial charge in [-0.15, -0.1) is 6.58 Å². The highest BCUT2D eigenvalue weighted by atomic mass is 19.4. The van der Waals surface area contributed by atoms with Crippen LogP contribution >= 0.6 is 0 Å². The zero-order valence-corrected chi connectivity index (χ0v) is 17.3. The van der Waals surface area contributed by atoms with Crippen molar-refractivity contribution >= 4 is 11.9 Å². The second-order valence-corrected chi connectivity index (χ2v) is 8.15. The van der Waals surface area contributed by atoms with E-state index in [1.807, 2.05) is 0 Å². The van der Waals surface area contributed by atoms with Gasteiger partial charge < -0.3 is 9.47 Å². The topological polar surface area (TPSA) is 52.6 Å². The molecule has 2 atom stereocenters. The molecule has 4 nitrogen and oxygen atoms in total. The summed E-state index contributed by atoms with van der Waals surface area (Å²) in [5, 5.41) is 0. The number of hydrogen-bond donors (Lipinski definition) is 0. The zero-order valence-electron chi connectivity index (χ0n) is 17.3. The molecule has 0 unspecified atom stereocenters. The Kier molecular flexibility index (Phi) is 8.92. The molecule has 0 saturated heterocycles. The van der Waals surface area contributed by atoms with Crippen molar-refractivity contribution in [2.24, 2.45) is 11.8 Å². The maximum atomic E-state index is 12.8. The Bertz CT molecular complexity index is 690. The molecule has 0 saturated carbocycles. The fourth-order valence-corrected chi connectivity index (χ4v) is 2.78. The molecule has 0 spiro atoms. The van der Waals surface area contributed by atoms with E-state index in [4.69, 9.17) is 9.47 Å². The van der Waals surface area contributed by atoms with Crippen LogP contribution in [0.2, 0.25) is 0 Å². The lowest BCUT2D eigenvalue weighted by Gasteiger charge is -2.28. The van der Waals surface area contributed by atoms with Crippen LogP contribution in [0, 0.1) is 11.8 Å². The third-order valence-electron chi connectivity index (χ3n) is 4.03. The number of benzene rings is 1. The molecule has 0 heterocycles. The average molecular weight is 414 g/mol. The highest BCUT2D eigenvalue weighted by Crippen LogP contribution is 2.32. The fraction of sp³-hybridized carbons (Fsp3) is 0.545. The summed E-state index contributed by atoms with van der Waals surface area (Å²) < 4.78 is 49.1. The molecule has 0 aliphatic rings. The molecular weight excluding hydrogens is 385 g/mol. The number of allylic oxidation sites excluding steroid dienone is 1. The minimum Gasteiger partial charge on any atom is -0.461 e. The van der Waals surface area contributed by atoms with Crippen LogP contribution in [0.5, 0.6) is 0 Å². The summed E-state index contributed by atoms with van der Waals surface area (Å²) >= 11 is 0. The lowest BCUT2D eigenvalue weighted by Crippen LogP contribution is -2.37. The van der Waals surface area contributed by atoms with E-state index in [0.29, 0.717) is 11.1 Å². The van der Waals surface area contributed by atoms with Crippen LogP contribution in [0.1, 0.15) is 52.5 Å². The van der Waals surface area contributed by atoms with Gasteiger partial charge in [0.05, 0.1) is 11.8 Å². The summed E-state index contributed by atoms with van der Waals surface area (Å²) in [7, 11) is 0. The molecule has 0 fully saturated rings. The summed E-state index contributed by atoms with van der Waals surface area (Å²) in [5.74, 6) is -3.97. The second kappa shape index (κ2) is 10.5. The molecule has 0 aliphatic heterocycles. The monoisotopic (exact) mass is 414 g/mol. The number of esters is 2. The third-order valence-corrected chi connectivity index (χ3v) is 4.03. The smallest absolute Gasteiger partial charge is 0.389 e. The maximum absolute atomic E-state index is 12.8. The van der Waals surface area contributed by atoms with Gasteiger partial charge in [0, 0.05) is 6.42 Å². The van der Waals surface area contributed by atoms with Crippen molar-refractivity contribution in [2.75, 3.05) is 0 Å². The number of rotatable bonds is 9. The first-order valence-corrected chi connectivity index (χ1v) is 9.43. The van der Waals surface area contributed by atoms with Crippen LogP contribution < -0.4 is 0 Å². The lowest BCUT2D eigenvalue weighted by molar-refractivity contribution is -0.172. The van der Waals surface area contributed by atoms with Gasteiger partial charge in [0.1, 0.15) is 12.2 Å². The molecule has 1 aromatic carbocycles. The van der Waals surface area contributed by atoms with Crippen LogP contribution in [0.25, 0.3) is 0 Å². The number of carbonyl (C=O) groups is 2. The summed E-state index contributed by atoms with van der Waals surface area (Å²) in [6, 6.07) is 8.78. The molecule has 29 heavy (non-hydrogen) atoms. The largest absolute Gasteiger partial charge is 0.461 e. The SMILES string of the molecule is C=C(C)C[C@H](C(=O)OC(C)(C)C)[C@@H](CCC(F)(F)F)C(=O)OCc1ccccc1. The quantitative estimate of drug-likeness (QED) is 0.389. The Balaban J connectivity index is 3.06. The first-order valence-electron chi connectivity index (χ1n) is 9.43. The highest BCUT2D eigenvalue weighted by molar-refractivity contribution is 5.82. The average Bonchev–Trinajstić information content (AvgIpc) is 2.57. The van der Waals surface area contributed by atoms with Gasteiger partial charge in [-0.3, -0.25) is 9.59 Å². The Hall–Kier alpha value is -2.31. The lowest BCUT2D eigenvalue weighted by atomic mass is 9.84. The molecule has 1 aromatic rings. The highest BCUT2D eigenvalue weighted by Gasteiger charge is 2.40. The molecule has 0 aromatic heterocycles. The molecule has 0 bridgehead atoms. The Morgan fingerprint density at radius 2 is 1.62 bits per heavy atom. The van der Waals surface area contributed by atoms with E-state index in [2.05, 4.69) is 6.58 Å². The summed E-state index contributed by atoms with van der Waals surface area (Å²) in [5.41, 5.74) is 0.422. The number of hydrogen-bond acceptors (Lipinski definition) is 4. The molecule has 0 radical (unpaired) electrons. The minimum absolute atomic E-state index is 0.0396. The van der Waals surface area contributed by atoms with E-state index < -0.39 is 48.4 Å². The van der Waals surface area contributed by atoms with Crippen LogP contribution in [0.15, 0.2) is 42.5 Å². The van der Waals surface area contributed by atoms with E-state index >= 15 is 0 Å². The molecule has 7 heteroatoms. The van der Waals surface area contributed by atoms with Crippen LogP contribution in [-0.2, 0) is 25.7 Å². The first kappa shape index (κ1) is 24.7. The van der Waals surface area contributed by atoms with Gasteiger partial charge in [-0.05, 0) is 46.1 Å². The maximum Gasteiger partial charge on any atom is 0.389 e. The van der Waals surface area contributed by atoms with Crippen LogP contribution in [-0.4, -0.2) is 23.7 Å². The van der Waals surface area contributed by atoms with Gasteiger partial charge in [0.2, 0.25) is 0 Å². The summed E-state index contributed by atoms with van der Waals surface area (Å²) in [6.07, 6.45) is -6.18. The normalized spacial score (nSPS) is 14.0. The van der Waals surface area contributed by atoms with Crippen LogP contribution in [0.4, 0.5) is 13.2 Å². The van der Waals surface area contributed by atoms with Gasteiger partial charge in [-0.25, -0.2) is 0 Å². The van der Waals surface area contributed by atoms with E-state index in [1.54, 1.807) is 58.0 Å². The van der Waals surface area contributed by atoms with Gasteiger partial charge >= 0.3 is 18.1 Å². The van der Waals surface area contributed by atoms with Crippen molar-refractivity contribution < 1.29 is 32.2 Å². The van der Waals surface area contributed by atoms with Gasteiger partial charge in [0.15, 0.2) is 0 Å². The van der Waals surface area contributed by atoms with Crippen molar-refractivity contribution in [3.05, 3.63) is 48.0 Å². The molecule has 0 amide bonds. The van der Waals surface area contributed by atoms with Gasteiger partial charge in [0.25, 0.3) is 0 Å². The zero-order chi connectivity index (χ0) is 22.2. The Labute approximate surface area is 170 Å². The standard InChI is InChI=1S/C22H29F3O4/c1-15(2)13-18(20(27)29-21(3,4)5)17(11-12-22(23,24)25)19(26)28-14-16-9-7-6-8-10-16/h6-10,17-18H,1,11-14H2,2-5H3/t17-,18+/m1/s1. The number of halogens is 3. The van der Waals surface area contributed by atoms with E-state index in [0.717, 1.165) is 0 Å². The predicted molar refractivity (Wildman–Crippen MR) is 104 cm³/mol. The molecule has 0 N–H and O–H groups in total. The van der Waals surface area contributed by atoms with Crippen molar-refractivity contribution in [2.45, 2.75) is 65.3 Å². The van der Waals surface area contributed by atoms with E-state index in [-0.39, 0.29) is 13.0 Å². The molecule has 1 rings (SSSR count). The van der Waals surface area contributed by atoms with Gasteiger partial charge in [-0.1, -0.05) is 35.9 Å². The number of ether oxygens (including phenoxy) is 2. The molecule has 0 aliphatic carbocycles. The number of alkyl halides is 3. The third kappa shape index (κ3) is 10.1. The number of carbonyl (C=O) groups excluding carboxylic acids is 2. The van der Waals surface area contributed by atoms with Crippen molar-refractivity contribution in [1.82, 2.24) is 0 Å². The summed E-state index contributed by atoms with van der Waals surface area (Å²) in [4.78, 5) is 25.4. The summed E-state index contributed by atoms with van der Waals surface area (Å²) in [6.45, 7) is 10.3. The predicted octanol–water partition coefficient (Wildman–Crippen LogP) is 5.61. The first-order chi connectivity index (χ1) is 13.3. The molecule has 162 valence electrons. The fourth-order valence-electron chi connectivity index (χ4n) is 2.78. The minimum atomic E-state index is -4.46. The van der Waals surface area contributed by atoms with Gasteiger partial charge in [-0.2, -0.15) is 13.2 Å². The van der Waals surface area contributed by atoms with Crippen molar-refractivity contribution in [1.29, 1.82) is 0 Å².